The Morgan fingerprint density at radius 1 is 0.733 bits per heavy atom. The predicted octanol–water partition coefficient (Wildman–Crippen LogP) is 3.12. The number of hydrogen-bond acceptors (Lipinski definition) is 2. The highest BCUT2D eigenvalue weighted by Gasteiger charge is 2.00. The van der Waals surface area contributed by atoms with Crippen molar-refractivity contribution < 1.29 is 0 Å². The highest BCUT2D eigenvalue weighted by molar-refractivity contribution is 14.1. The Hall–Kier alpha value is -1.23. The van der Waals surface area contributed by atoms with Crippen LogP contribution in [-0.4, -0.2) is 0 Å². The normalized spacial score (nSPS) is 10.2. The van der Waals surface area contributed by atoms with Crippen LogP contribution >= 0.6 is 22.6 Å². The molecule has 0 atom stereocenters. The zero-order valence-corrected chi connectivity index (χ0v) is 10.2. The highest BCUT2D eigenvalue weighted by atomic mass is 127. The summed E-state index contributed by atoms with van der Waals surface area (Å²) >= 11 is 2.28. The van der Waals surface area contributed by atoms with E-state index in [0.717, 1.165) is 11.1 Å². The van der Waals surface area contributed by atoms with Crippen LogP contribution in [-0.2, 0) is 0 Å². The fourth-order valence-corrected chi connectivity index (χ4v) is 1.76. The van der Waals surface area contributed by atoms with E-state index in [0.29, 0.717) is 11.4 Å². The van der Waals surface area contributed by atoms with Crippen molar-refractivity contribution in [3.63, 3.8) is 0 Å². The number of anilines is 2. The fraction of sp³-hybridized carbons (Fsp3) is 0. The lowest BCUT2D eigenvalue weighted by atomic mass is 10.0. The van der Waals surface area contributed by atoms with Crippen molar-refractivity contribution in [1.29, 1.82) is 0 Å². The van der Waals surface area contributed by atoms with Gasteiger partial charge in [0.25, 0.3) is 0 Å². The average Bonchev–Trinajstić information content (AvgIpc) is 2.23. The molecule has 2 aromatic rings. The molecule has 0 radical (unpaired) electrons. The van der Waals surface area contributed by atoms with Crippen molar-refractivity contribution >= 4 is 34.0 Å². The Kier molecular flexibility index (Phi) is 2.81. The van der Waals surface area contributed by atoms with E-state index >= 15 is 0 Å². The Bertz CT molecular complexity index is 477. The second-order valence-corrected chi connectivity index (χ2v) is 4.60. The van der Waals surface area contributed by atoms with Crippen LogP contribution in [0.5, 0.6) is 0 Å². The second kappa shape index (κ2) is 4.10. The van der Waals surface area contributed by atoms with Gasteiger partial charge in [-0.3, -0.25) is 0 Å². The molecule has 3 heteroatoms. The molecule has 0 aliphatic heterocycles. The van der Waals surface area contributed by atoms with Gasteiger partial charge in [-0.15, -0.1) is 0 Å². The maximum absolute atomic E-state index is 5.76. The van der Waals surface area contributed by atoms with E-state index in [2.05, 4.69) is 46.9 Å². The summed E-state index contributed by atoms with van der Waals surface area (Å²) in [6.45, 7) is 0. The Labute approximate surface area is 102 Å². The van der Waals surface area contributed by atoms with E-state index in [1.165, 1.54) is 3.57 Å². The zero-order valence-electron chi connectivity index (χ0n) is 8.07. The quantitative estimate of drug-likeness (QED) is 0.628. The van der Waals surface area contributed by atoms with E-state index in [4.69, 9.17) is 11.5 Å². The minimum absolute atomic E-state index is 0.629. The molecule has 0 bridgehead atoms. The van der Waals surface area contributed by atoms with Crippen molar-refractivity contribution in [2.45, 2.75) is 0 Å². The first kappa shape index (κ1) is 10.3. The summed E-state index contributed by atoms with van der Waals surface area (Å²) < 4.78 is 1.22. The van der Waals surface area contributed by atoms with Gasteiger partial charge in [0, 0.05) is 3.57 Å². The van der Waals surface area contributed by atoms with Crippen LogP contribution in [0.25, 0.3) is 11.1 Å². The van der Waals surface area contributed by atoms with Gasteiger partial charge in [-0.05, 0) is 58.0 Å². The molecule has 4 N–H and O–H groups in total. The topological polar surface area (TPSA) is 52.0 Å². The van der Waals surface area contributed by atoms with Gasteiger partial charge in [0.1, 0.15) is 0 Å². The molecule has 76 valence electrons. The van der Waals surface area contributed by atoms with Crippen LogP contribution in [0.4, 0.5) is 11.4 Å². The zero-order chi connectivity index (χ0) is 10.8. The molecule has 0 fully saturated rings. The Balaban J connectivity index is 2.45. The van der Waals surface area contributed by atoms with E-state index in [-0.39, 0.29) is 0 Å². The van der Waals surface area contributed by atoms with Crippen LogP contribution in [0, 0.1) is 3.57 Å². The molecule has 0 aromatic heterocycles. The highest BCUT2D eigenvalue weighted by Crippen LogP contribution is 2.25. The van der Waals surface area contributed by atoms with Gasteiger partial charge in [0.2, 0.25) is 0 Å². The Morgan fingerprint density at radius 3 is 1.93 bits per heavy atom. The van der Waals surface area contributed by atoms with Gasteiger partial charge >= 0.3 is 0 Å². The average molecular weight is 310 g/mol. The van der Waals surface area contributed by atoms with Gasteiger partial charge < -0.3 is 11.5 Å². The van der Waals surface area contributed by atoms with Crippen LogP contribution in [0.2, 0.25) is 0 Å². The van der Waals surface area contributed by atoms with Gasteiger partial charge in [-0.25, -0.2) is 0 Å². The molecule has 0 saturated carbocycles. The van der Waals surface area contributed by atoms with Crippen LogP contribution in [0.3, 0.4) is 0 Å². The summed E-state index contributed by atoms with van der Waals surface area (Å²) in [6.07, 6.45) is 0. The molecule has 0 heterocycles. The summed E-state index contributed by atoms with van der Waals surface area (Å²) in [7, 11) is 0. The molecule has 0 amide bonds. The standard InChI is InChI=1S/C12H11IN2/c13-10-4-1-8(2-5-10)9-3-6-11(14)12(15)7-9/h1-7H,14-15H2. The summed E-state index contributed by atoms with van der Waals surface area (Å²) in [4.78, 5) is 0. The molecule has 0 aliphatic rings. The third kappa shape index (κ3) is 2.23. The van der Waals surface area contributed by atoms with Gasteiger partial charge in [0.05, 0.1) is 11.4 Å². The molecule has 15 heavy (non-hydrogen) atoms. The molecule has 2 rings (SSSR count). The van der Waals surface area contributed by atoms with Crippen LogP contribution in [0.15, 0.2) is 42.5 Å². The summed E-state index contributed by atoms with van der Waals surface area (Å²) in [5.41, 5.74) is 14.9. The number of benzene rings is 2. The van der Waals surface area contributed by atoms with E-state index < -0.39 is 0 Å². The lowest BCUT2D eigenvalue weighted by molar-refractivity contribution is 1.58. The van der Waals surface area contributed by atoms with Crippen LogP contribution in [0.1, 0.15) is 0 Å². The van der Waals surface area contributed by atoms with Gasteiger partial charge in [-0.1, -0.05) is 18.2 Å². The molecule has 0 spiro atoms. The molecule has 0 unspecified atom stereocenters. The summed E-state index contributed by atoms with van der Waals surface area (Å²) in [6, 6.07) is 14.0. The van der Waals surface area contributed by atoms with Gasteiger partial charge in [-0.2, -0.15) is 0 Å². The molecule has 0 aliphatic carbocycles. The van der Waals surface area contributed by atoms with E-state index in [1.54, 1.807) is 0 Å². The Morgan fingerprint density at radius 2 is 1.33 bits per heavy atom. The molecular weight excluding hydrogens is 299 g/mol. The number of halogens is 1. The number of nitrogens with two attached hydrogens (primary N) is 2. The van der Waals surface area contributed by atoms with Crippen molar-refractivity contribution in [3.8, 4) is 11.1 Å². The summed E-state index contributed by atoms with van der Waals surface area (Å²) in [5.74, 6) is 0. The monoisotopic (exact) mass is 310 g/mol. The number of nitrogen functional groups attached to an aromatic ring is 2. The molecule has 2 aromatic carbocycles. The molecule has 0 saturated heterocycles. The lowest BCUT2D eigenvalue weighted by Crippen LogP contribution is -1.94. The maximum atomic E-state index is 5.76. The first-order chi connectivity index (χ1) is 7.16. The van der Waals surface area contributed by atoms with Crippen molar-refractivity contribution in [1.82, 2.24) is 0 Å². The minimum Gasteiger partial charge on any atom is -0.397 e. The number of hydrogen-bond donors (Lipinski definition) is 2. The SMILES string of the molecule is Nc1ccc(-c2ccc(I)cc2)cc1N. The van der Waals surface area contributed by atoms with Crippen molar-refractivity contribution in [2.24, 2.45) is 0 Å². The predicted molar refractivity (Wildman–Crippen MR) is 73.4 cm³/mol. The molecule has 2 nitrogen and oxygen atoms in total. The third-order valence-corrected chi connectivity index (χ3v) is 2.98. The largest absolute Gasteiger partial charge is 0.397 e. The lowest BCUT2D eigenvalue weighted by Gasteiger charge is -2.05. The first-order valence-electron chi connectivity index (χ1n) is 4.58. The number of rotatable bonds is 1. The third-order valence-electron chi connectivity index (χ3n) is 2.26. The van der Waals surface area contributed by atoms with Crippen molar-refractivity contribution in [3.05, 3.63) is 46.0 Å². The minimum atomic E-state index is 0.629. The maximum Gasteiger partial charge on any atom is 0.0554 e. The summed E-state index contributed by atoms with van der Waals surface area (Å²) in [5, 5.41) is 0. The first-order valence-corrected chi connectivity index (χ1v) is 5.65. The van der Waals surface area contributed by atoms with Crippen LogP contribution < -0.4 is 11.5 Å². The van der Waals surface area contributed by atoms with Gasteiger partial charge in [0.15, 0.2) is 0 Å². The van der Waals surface area contributed by atoms with E-state index in [1.807, 2.05) is 18.2 Å². The van der Waals surface area contributed by atoms with E-state index in [9.17, 15) is 0 Å². The smallest absolute Gasteiger partial charge is 0.0554 e. The second-order valence-electron chi connectivity index (χ2n) is 3.35. The molecular formula is C12H11IN2. The van der Waals surface area contributed by atoms with Crippen molar-refractivity contribution in [2.75, 3.05) is 11.5 Å². The fourth-order valence-electron chi connectivity index (χ4n) is 1.40.